The Morgan fingerprint density at radius 3 is 2.50 bits per heavy atom. The highest BCUT2D eigenvalue weighted by atomic mass is 35.5. The molecule has 0 atom stereocenters. The van der Waals surface area contributed by atoms with Crippen molar-refractivity contribution in [3.8, 4) is 16.9 Å². The lowest BCUT2D eigenvalue weighted by Crippen LogP contribution is -1.98. The first-order valence-corrected chi connectivity index (χ1v) is 7.48. The molecule has 0 aliphatic heterocycles. The Morgan fingerprint density at radius 2 is 1.90 bits per heavy atom. The van der Waals surface area contributed by atoms with Crippen LogP contribution < -0.4 is 5.73 Å². The highest BCUT2D eigenvalue weighted by Gasteiger charge is 2.14. The summed E-state index contributed by atoms with van der Waals surface area (Å²) in [5.74, 6) is 0. The van der Waals surface area contributed by atoms with Crippen molar-refractivity contribution < 1.29 is 0 Å². The molecule has 2 heterocycles. The zero-order valence-corrected chi connectivity index (χ0v) is 12.8. The van der Waals surface area contributed by atoms with Gasteiger partial charge in [0.1, 0.15) is 0 Å². The van der Waals surface area contributed by atoms with Crippen LogP contribution in [-0.2, 0) is 0 Å². The number of benzene rings is 1. The number of nitrogen functional groups attached to an aromatic ring is 1. The monoisotopic (exact) mass is 303 g/mol. The van der Waals surface area contributed by atoms with Crippen LogP contribution in [0.5, 0.6) is 0 Å². The van der Waals surface area contributed by atoms with Gasteiger partial charge in [0.15, 0.2) is 5.13 Å². The average Bonchev–Trinajstić information content (AvgIpc) is 2.95. The van der Waals surface area contributed by atoms with Gasteiger partial charge in [-0.05, 0) is 44.2 Å². The van der Waals surface area contributed by atoms with Crippen molar-refractivity contribution in [2.45, 2.75) is 13.8 Å². The van der Waals surface area contributed by atoms with Crippen molar-refractivity contribution in [2.75, 3.05) is 5.73 Å². The maximum Gasteiger partial charge on any atom is 0.180 e. The summed E-state index contributed by atoms with van der Waals surface area (Å²) in [6.07, 6.45) is 0. The summed E-state index contributed by atoms with van der Waals surface area (Å²) in [5.41, 5.74) is 11.2. The van der Waals surface area contributed by atoms with E-state index in [0.29, 0.717) is 5.13 Å². The zero-order valence-electron chi connectivity index (χ0n) is 11.2. The maximum absolute atomic E-state index is 5.95. The third kappa shape index (κ3) is 2.21. The van der Waals surface area contributed by atoms with Gasteiger partial charge in [0, 0.05) is 33.0 Å². The lowest BCUT2D eigenvalue weighted by Gasteiger charge is -2.09. The van der Waals surface area contributed by atoms with Crippen molar-refractivity contribution in [1.29, 1.82) is 0 Å². The van der Waals surface area contributed by atoms with E-state index < -0.39 is 0 Å². The number of aryl methyl sites for hydroxylation is 1. The lowest BCUT2D eigenvalue weighted by molar-refractivity contribution is 0.966. The topological polar surface area (TPSA) is 43.8 Å². The third-order valence-corrected chi connectivity index (χ3v) is 4.24. The van der Waals surface area contributed by atoms with Gasteiger partial charge in [0.25, 0.3) is 0 Å². The van der Waals surface area contributed by atoms with Gasteiger partial charge in [0.2, 0.25) is 0 Å². The summed E-state index contributed by atoms with van der Waals surface area (Å²) in [6, 6.07) is 9.97. The molecule has 0 bridgehead atoms. The average molecular weight is 304 g/mol. The molecule has 0 aliphatic carbocycles. The number of hydrogen-bond donors (Lipinski definition) is 1. The molecular formula is C15H14ClN3S. The number of nitrogens with zero attached hydrogens (tertiary/aromatic N) is 2. The summed E-state index contributed by atoms with van der Waals surface area (Å²) >= 11 is 7.41. The molecule has 0 fully saturated rings. The molecule has 0 aliphatic rings. The Morgan fingerprint density at radius 1 is 1.20 bits per heavy atom. The van der Waals surface area contributed by atoms with Crippen LogP contribution in [0.25, 0.3) is 16.9 Å². The predicted molar refractivity (Wildman–Crippen MR) is 85.8 cm³/mol. The molecule has 3 aromatic rings. The number of nitrogens with two attached hydrogens (primary N) is 1. The van der Waals surface area contributed by atoms with E-state index in [2.05, 4.69) is 29.5 Å². The van der Waals surface area contributed by atoms with Crippen LogP contribution in [0.2, 0.25) is 5.02 Å². The van der Waals surface area contributed by atoms with Crippen LogP contribution in [0.1, 0.15) is 11.4 Å². The first-order valence-electron chi connectivity index (χ1n) is 6.22. The van der Waals surface area contributed by atoms with Gasteiger partial charge in [-0.3, -0.25) is 0 Å². The van der Waals surface area contributed by atoms with E-state index in [1.165, 1.54) is 11.3 Å². The van der Waals surface area contributed by atoms with Crippen molar-refractivity contribution in [3.63, 3.8) is 0 Å². The van der Waals surface area contributed by atoms with Crippen LogP contribution in [0, 0.1) is 13.8 Å². The fourth-order valence-electron chi connectivity index (χ4n) is 2.42. The molecule has 102 valence electrons. The molecule has 0 saturated heterocycles. The van der Waals surface area contributed by atoms with E-state index in [1.54, 1.807) is 0 Å². The molecule has 2 aromatic heterocycles. The number of halogens is 1. The molecule has 0 saturated carbocycles. The van der Waals surface area contributed by atoms with Crippen LogP contribution in [0.3, 0.4) is 0 Å². The van der Waals surface area contributed by atoms with E-state index in [4.69, 9.17) is 17.3 Å². The van der Waals surface area contributed by atoms with Gasteiger partial charge in [-0.2, -0.15) is 0 Å². The SMILES string of the molecule is Cc1cc(-c2csc(N)n2)c(C)n1-c1ccc(Cl)cc1. The van der Waals surface area contributed by atoms with Crippen molar-refractivity contribution >= 4 is 28.1 Å². The Hall–Kier alpha value is -1.78. The largest absolute Gasteiger partial charge is 0.375 e. The van der Waals surface area contributed by atoms with Crippen LogP contribution >= 0.6 is 22.9 Å². The maximum atomic E-state index is 5.95. The first-order chi connectivity index (χ1) is 9.56. The molecular weight excluding hydrogens is 290 g/mol. The molecule has 5 heteroatoms. The minimum Gasteiger partial charge on any atom is -0.375 e. The Bertz CT molecular complexity index is 756. The van der Waals surface area contributed by atoms with E-state index >= 15 is 0 Å². The van der Waals surface area contributed by atoms with Gasteiger partial charge in [0.05, 0.1) is 5.69 Å². The summed E-state index contributed by atoms with van der Waals surface area (Å²) in [5, 5.41) is 3.32. The normalized spacial score (nSPS) is 10.9. The van der Waals surface area contributed by atoms with Gasteiger partial charge in [-0.1, -0.05) is 11.6 Å². The molecule has 1 aromatic carbocycles. The van der Waals surface area contributed by atoms with E-state index in [0.717, 1.165) is 33.4 Å². The number of thiazole rings is 1. The summed E-state index contributed by atoms with van der Waals surface area (Å²) in [7, 11) is 0. The summed E-state index contributed by atoms with van der Waals surface area (Å²) in [6.45, 7) is 4.17. The number of anilines is 1. The van der Waals surface area contributed by atoms with Crippen LogP contribution in [0.4, 0.5) is 5.13 Å². The van der Waals surface area contributed by atoms with Crippen LogP contribution in [0.15, 0.2) is 35.7 Å². The third-order valence-electron chi connectivity index (χ3n) is 3.31. The molecule has 20 heavy (non-hydrogen) atoms. The fourth-order valence-corrected chi connectivity index (χ4v) is 3.11. The standard InChI is InChI=1S/C15H14ClN3S/c1-9-7-13(14-8-20-15(17)18-14)10(2)19(9)12-5-3-11(16)4-6-12/h3-8H,1-2H3,(H2,17,18). The molecule has 0 amide bonds. The molecule has 3 rings (SSSR count). The van der Waals surface area contributed by atoms with Crippen molar-refractivity contribution in [1.82, 2.24) is 9.55 Å². The Kier molecular flexibility index (Phi) is 3.28. The second-order valence-corrected chi connectivity index (χ2v) is 5.99. The number of rotatable bonds is 2. The number of hydrogen-bond acceptors (Lipinski definition) is 3. The molecule has 0 unspecified atom stereocenters. The first kappa shape index (κ1) is 13.2. The minimum absolute atomic E-state index is 0.594. The zero-order chi connectivity index (χ0) is 14.3. The molecule has 2 N–H and O–H groups in total. The highest BCUT2D eigenvalue weighted by molar-refractivity contribution is 7.13. The second-order valence-electron chi connectivity index (χ2n) is 4.67. The number of aromatic nitrogens is 2. The summed E-state index contributed by atoms with van der Waals surface area (Å²) in [4.78, 5) is 4.37. The Balaban J connectivity index is 2.14. The van der Waals surface area contributed by atoms with Gasteiger partial charge in [-0.15, -0.1) is 11.3 Å². The minimum atomic E-state index is 0.594. The molecule has 3 nitrogen and oxygen atoms in total. The smallest absolute Gasteiger partial charge is 0.180 e. The van der Waals surface area contributed by atoms with E-state index in [9.17, 15) is 0 Å². The fraction of sp³-hybridized carbons (Fsp3) is 0.133. The van der Waals surface area contributed by atoms with Crippen LogP contribution in [-0.4, -0.2) is 9.55 Å². The Labute approximate surface area is 126 Å². The van der Waals surface area contributed by atoms with E-state index in [-0.39, 0.29) is 0 Å². The van der Waals surface area contributed by atoms with Gasteiger partial charge < -0.3 is 10.3 Å². The van der Waals surface area contributed by atoms with Gasteiger partial charge >= 0.3 is 0 Å². The quantitative estimate of drug-likeness (QED) is 0.760. The predicted octanol–water partition coefficient (Wildman–Crippen LogP) is 4.45. The highest BCUT2D eigenvalue weighted by Crippen LogP contribution is 2.31. The molecule has 0 radical (unpaired) electrons. The van der Waals surface area contributed by atoms with E-state index in [1.807, 2.05) is 29.6 Å². The van der Waals surface area contributed by atoms with Crippen molar-refractivity contribution in [2.24, 2.45) is 0 Å². The van der Waals surface area contributed by atoms with Crippen molar-refractivity contribution in [3.05, 3.63) is 52.1 Å². The van der Waals surface area contributed by atoms with Gasteiger partial charge in [-0.25, -0.2) is 4.98 Å². The second kappa shape index (κ2) is 4.96. The molecule has 0 spiro atoms. The summed E-state index contributed by atoms with van der Waals surface area (Å²) < 4.78 is 2.20. The lowest BCUT2D eigenvalue weighted by atomic mass is 10.2.